The molecule has 0 saturated heterocycles. The van der Waals surface area contributed by atoms with Crippen LogP contribution < -0.4 is 0 Å². The summed E-state index contributed by atoms with van der Waals surface area (Å²) in [5.41, 5.74) is 0. The predicted octanol–water partition coefficient (Wildman–Crippen LogP) is 1.62. The minimum absolute atomic E-state index is 0.431. The molecule has 3 nitrogen and oxygen atoms in total. The number of carboxylic acid groups (broad SMARTS) is 1. The van der Waals surface area contributed by atoms with Gasteiger partial charge in [0.05, 0.1) is 0 Å². The van der Waals surface area contributed by atoms with Gasteiger partial charge in [-0.2, -0.15) is 12.6 Å². The van der Waals surface area contributed by atoms with E-state index in [1.54, 1.807) is 11.4 Å². The smallest absolute Gasteiger partial charge is 0.321 e. The number of nitrogens with zero attached hydrogens (tertiary/aromatic N) is 1. The minimum atomic E-state index is -0.784. The first-order valence-electron chi connectivity index (χ1n) is 3.40. The van der Waals surface area contributed by atoms with Gasteiger partial charge >= 0.3 is 5.97 Å². The largest absolute Gasteiger partial charge is 0.480 e. The number of likely N-dealkylation sites (N-methyl/N-ethyl adjacent to an activating group) is 1. The Morgan fingerprint density at radius 2 is 2.33 bits per heavy atom. The highest BCUT2D eigenvalue weighted by molar-refractivity contribution is 8.75. The molecule has 1 unspecified atom stereocenters. The Morgan fingerprint density at radius 3 is 2.67 bits per heavy atom. The molecule has 0 amide bonds. The molecule has 0 aliphatic rings. The van der Waals surface area contributed by atoms with Gasteiger partial charge in [0.25, 0.3) is 0 Å². The van der Waals surface area contributed by atoms with Gasteiger partial charge < -0.3 is 5.11 Å². The molecule has 0 fully saturated rings. The molecule has 0 aromatic heterocycles. The lowest BCUT2D eigenvalue weighted by Gasteiger charge is -2.21. The maximum Gasteiger partial charge on any atom is 0.321 e. The Bertz CT molecular complexity index is 145. The van der Waals surface area contributed by atoms with Crippen LogP contribution in [-0.2, 0) is 4.79 Å². The second kappa shape index (κ2) is 6.94. The molecular weight excluding hydrogens is 214 g/mol. The standard InChI is InChI=1S/C6H13NO2S3/c1-7(12-11-2)5(3-4-10)6(8)9/h5,10H,3-4H2,1-2H3,(H,8,9). The number of thiol groups is 1. The lowest BCUT2D eigenvalue weighted by atomic mass is 10.2. The van der Waals surface area contributed by atoms with E-state index in [0.717, 1.165) is 0 Å². The third-order valence-corrected chi connectivity index (χ3v) is 3.37. The van der Waals surface area contributed by atoms with Crippen LogP contribution >= 0.6 is 34.4 Å². The van der Waals surface area contributed by atoms with Gasteiger partial charge in [0.2, 0.25) is 0 Å². The summed E-state index contributed by atoms with van der Waals surface area (Å²) >= 11 is 4.01. The summed E-state index contributed by atoms with van der Waals surface area (Å²) in [5, 5.41) is 8.80. The Kier molecular flexibility index (Phi) is 7.22. The summed E-state index contributed by atoms with van der Waals surface area (Å²) in [6, 6.07) is -0.431. The van der Waals surface area contributed by atoms with Gasteiger partial charge in [0, 0.05) is 0 Å². The van der Waals surface area contributed by atoms with E-state index in [9.17, 15) is 4.79 Å². The molecule has 12 heavy (non-hydrogen) atoms. The summed E-state index contributed by atoms with van der Waals surface area (Å²) in [7, 11) is 4.76. The molecule has 0 aliphatic carbocycles. The van der Waals surface area contributed by atoms with Gasteiger partial charge in [-0.25, -0.2) is 4.31 Å². The summed E-state index contributed by atoms with van der Waals surface area (Å²) < 4.78 is 1.74. The number of aliphatic carboxylic acids is 1. The summed E-state index contributed by atoms with van der Waals surface area (Å²) in [6.07, 6.45) is 2.49. The van der Waals surface area contributed by atoms with Gasteiger partial charge in [-0.15, -0.1) is 0 Å². The first-order chi connectivity index (χ1) is 5.63. The van der Waals surface area contributed by atoms with Crippen LogP contribution in [0.5, 0.6) is 0 Å². The maximum atomic E-state index is 10.7. The van der Waals surface area contributed by atoms with Crippen molar-refractivity contribution < 1.29 is 9.90 Å². The van der Waals surface area contributed by atoms with Crippen molar-refractivity contribution in [2.75, 3.05) is 19.1 Å². The molecule has 0 heterocycles. The molecule has 0 aromatic rings. The van der Waals surface area contributed by atoms with Crippen molar-refractivity contribution >= 4 is 40.4 Å². The maximum absolute atomic E-state index is 10.7. The average Bonchev–Trinajstić information content (AvgIpc) is 1.99. The fourth-order valence-corrected chi connectivity index (χ4v) is 2.55. The van der Waals surface area contributed by atoms with Crippen molar-refractivity contribution in [2.45, 2.75) is 12.5 Å². The molecule has 0 rings (SSSR count). The van der Waals surface area contributed by atoms with E-state index in [0.29, 0.717) is 12.2 Å². The molecule has 0 saturated carbocycles. The highest BCUT2D eigenvalue weighted by Crippen LogP contribution is 2.24. The molecular formula is C6H13NO2S3. The number of carbonyl (C=O) groups is 1. The average molecular weight is 227 g/mol. The molecule has 0 bridgehead atoms. The lowest BCUT2D eigenvalue weighted by molar-refractivity contribution is -0.141. The van der Waals surface area contributed by atoms with E-state index in [-0.39, 0.29) is 0 Å². The van der Waals surface area contributed by atoms with Crippen LogP contribution in [0.4, 0.5) is 0 Å². The minimum Gasteiger partial charge on any atom is -0.480 e. The van der Waals surface area contributed by atoms with E-state index in [1.807, 2.05) is 6.26 Å². The van der Waals surface area contributed by atoms with Crippen LogP contribution in [0, 0.1) is 0 Å². The van der Waals surface area contributed by atoms with Gasteiger partial charge in [-0.1, -0.05) is 10.8 Å². The molecule has 1 atom stereocenters. The van der Waals surface area contributed by atoms with Gasteiger partial charge in [0.1, 0.15) is 6.04 Å². The van der Waals surface area contributed by atoms with Crippen molar-refractivity contribution in [1.29, 1.82) is 0 Å². The van der Waals surface area contributed by atoms with E-state index < -0.39 is 12.0 Å². The van der Waals surface area contributed by atoms with Gasteiger partial charge in [0.15, 0.2) is 0 Å². The van der Waals surface area contributed by atoms with Crippen molar-refractivity contribution in [2.24, 2.45) is 0 Å². The summed E-state index contributed by atoms with van der Waals surface area (Å²) in [4.78, 5) is 10.7. The lowest BCUT2D eigenvalue weighted by Crippen LogP contribution is -2.33. The quantitative estimate of drug-likeness (QED) is 0.410. The van der Waals surface area contributed by atoms with E-state index >= 15 is 0 Å². The van der Waals surface area contributed by atoms with Crippen LogP contribution in [0.15, 0.2) is 0 Å². The fourth-order valence-electron chi connectivity index (χ4n) is 0.753. The van der Waals surface area contributed by atoms with Gasteiger partial charge in [-0.05, 0) is 36.5 Å². The molecule has 6 heteroatoms. The second-order valence-electron chi connectivity index (χ2n) is 2.15. The van der Waals surface area contributed by atoms with Crippen molar-refractivity contribution in [1.82, 2.24) is 4.31 Å². The van der Waals surface area contributed by atoms with Crippen LogP contribution in [-0.4, -0.2) is 40.5 Å². The van der Waals surface area contributed by atoms with Crippen molar-refractivity contribution in [3.05, 3.63) is 0 Å². The summed E-state index contributed by atoms with van der Waals surface area (Å²) in [5.74, 6) is -0.191. The molecule has 1 N–H and O–H groups in total. The number of carboxylic acids is 1. The van der Waals surface area contributed by atoms with E-state index in [4.69, 9.17) is 5.11 Å². The molecule has 0 aliphatic heterocycles. The van der Waals surface area contributed by atoms with Crippen LogP contribution in [0.2, 0.25) is 0 Å². The van der Waals surface area contributed by atoms with Crippen molar-refractivity contribution in [3.8, 4) is 0 Å². The number of hydrogen-bond acceptors (Lipinski definition) is 5. The third-order valence-electron chi connectivity index (χ3n) is 1.32. The van der Waals surface area contributed by atoms with Crippen LogP contribution in [0.3, 0.4) is 0 Å². The Hall–Kier alpha value is 0.480. The topological polar surface area (TPSA) is 40.5 Å². The summed E-state index contributed by atoms with van der Waals surface area (Å²) in [6.45, 7) is 0. The highest BCUT2D eigenvalue weighted by Gasteiger charge is 2.21. The monoisotopic (exact) mass is 227 g/mol. The zero-order valence-corrected chi connectivity index (χ0v) is 9.59. The Balaban J connectivity index is 3.99. The third kappa shape index (κ3) is 4.49. The number of hydrogen-bond donors (Lipinski definition) is 2. The fraction of sp³-hybridized carbons (Fsp3) is 0.833. The highest BCUT2D eigenvalue weighted by atomic mass is 33.1. The second-order valence-corrected chi connectivity index (χ2v) is 5.11. The predicted molar refractivity (Wildman–Crippen MR) is 58.8 cm³/mol. The van der Waals surface area contributed by atoms with Crippen LogP contribution in [0.1, 0.15) is 6.42 Å². The molecule has 0 spiro atoms. The van der Waals surface area contributed by atoms with Crippen LogP contribution in [0.25, 0.3) is 0 Å². The van der Waals surface area contributed by atoms with E-state index in [1.165, 1.54) is 21.8 Å². The zero-order chi connectivity index (χ0) is 9.56. The Morgan fingerprint density at radius 1 is 1.75 bits per heavy atom. The van der Waals surface area contributed by atoms with E-state index in [2.05, 4.69) is 12.6 Å². The molecule has 0 aromatic carbocycles. The molecule has 72 valence electrons. The first kappa shape index (κ1) is 12.5. The number of rotatable bonds is 6. The SMILES string of the molecule is CSSN(C)C(CCS)C(=O)O. The normalized spacial score (nSPS) is 13.3. The molecule has 0 radical (unpaired) electrons. The zero-order valence-electron chi connectivity index (χ0n) is 7.06. The first-order valence-corrected chi connectivity index (χ1v) is 6.55. The van der Waals surface area contributed by atoms with Gasteiger partial charge in [-0.3, -0.25) is 4.79 Å². The Labute approximate surface area is 86.2 Å². The van der Waals surface area contributed by atoms with Crippen molar-refractivity contribution in [3.63, 3.8) is 0 Å².